The standard InChI is InChI=1S/C9H7F3N2O2S2/c1-17(14-18(15,16)9(10,11)12)8-4-2-7(6-13)3-5-8/h2-5H,1H3. The molecule has 0 bridgehead atoms. The fourth-order valence-corrected chi connectivity index (χ4v) is 3.35. The Hall–Kier alpha value is -1.40. The van der Waals surface area contributed by atoms with E-state index in [4.69, 9.17) is 5.26 Å². The van der Waals surface area contributed by atoms with Gasteiger partial charge < -0.3 is 0 Å². The van der Waals surface area contributed by atoms with Crippen molar-refractivity contribution >= 4 is 20.7 Å². The van der Waals surface area contributed by atoms with Gasteiger partial charge in [-0.15, -0.1) is 3.77 Å². The maximum absolute atomic E-state index is 12.1. The zero-order valence-electron chi connectivity index (χ0n) is 8.97. The van der Waals surface area contributed by atoms with Crippen LogP contribution in [0.2, 0.25) is 0 Å². The van der Waals surface area contributed by atoms with Gasteiger partial charge in [-0.2, -0.15) is 26.9 Å². The van der Waals surface area contributed by atoms with E-state index in [1.165, 1.54) is 30.5 Å². The van der Waals surface area contributed by atoms with E-state index in [0.29, 0.717) is 10.5 Å². The van der Waals surface area contributed by atoms with Crippen molar-refractivity contribution in [2.75, 3.05) is 6.26 Å². The second-order valence-electron chi connectivity index (χ2n) is 3.11. The molecule has 0 saturated carbocycles. The predicted molar refractivity (Wildman–Crippen MR) is 60.1 cm³/mol. The van der Waals surface area contributed by atoms with Crippen LogP contribution in [-0.2, 0) is 20.7 Å². The third kappa shape index (κ3) is 3.30. The first-order chi connectivity index (χ1) is 8.17. The van der Waals surface area contributed by atoms with Crippen LogP contribution in [0.1, 0.15) is 5.56 Å². The smallest absolute Gasteiger partial charge is 0.194 e. The van der Waals surface area contributed by atoms with Gasteiger partial charge in [-0.3, -0.25) is 0 Å². The second-order valence-corrected chi connectivity index (χ2v) is 6.55. The Labute approximate surface area is 104 Å². The number of rotatable bonds is 2. The molecule has 0 N–H and O–H groups in total. The number of alkyl halides is 3. The molecule has 0 saturated heterocycles. The minimum absolute atomic E-state index is 0.307. The van der Waals surface area contributed by atoms with E-state index in [0.717, 1.165) is 0 Å². The Morgan fingerprint density at radius 1 is 1.28 bits per heavy atom. The minimum atomic E-state index is -5.49. The number of halogens is 3. The van der Waals surface area contributed by atoms with E-state index in [1.807, 2.05) is 6.07 Å². The summed E-state index contributed by atoms with van der Waals surface area (Å²) in [4.78, 5) is 0.307. The molecular weight excluding hydrogens is 289 g/mol. The third-order valence-corrected chi connectivity index (χ3v) is 5.05. The molecule has 1 aromatic rings. The molecular formula is C9H7F3N2O2S2. The summed E-state index contributed by atoms with van der Waals surface area (Å²) in [5.74, 6) is 0. The highest BCUT2D eigenvalue weighted by molar-refractivity contribution is 8.00. The summed E-state index contributed by atoms with van der Waals surface area (Å²) in [6.45, 7) is 0. The molecule has 0 aliphatic carbocycles. The molecule has 4 nitrogen and oxygen atoms in total. The van der Waals surface area contributed by atoms with E-state index in [-0.39, 0.29) is 0 Å². The van der Waals surface area contributed by atoms with Crippen LogP contribution in [0, 0.1) is 11.3 Å². The number of nitriles is 1. The van der Waals surface area contributed by atoms with E-state index >= 15 is 0 Å². The molecule has 0 spiro atoms. The Bertz CT molecular complexity index is 613. The molecule has 1 rings (SSSR count). The van der Waals surface area contributed by atoms with Gasteiger partial charge in [0.2, 0.25) is 0 Å². The molecule has 18 heavy (non-hydrogen) atoms. The van der Waals surface area contributed by atoms with Crippen LogP contribution in [0.25, 0.3) is 0 Å². The van der Waals surface area contributed by atoms with Gasteiger partial charge in [0.15, 0.2) is 0 Å². The molecule has 9 heteroatoms. The van der Waals surface area contributed by atoms with Crippen LogP contribution in [-0.4, -0.2) is 20.2 Å². The molecule has 1 aromatic carbocycles. The third-order valence-electron chi connectivity index (χ3n) is 1.83. The molecule has 0 aromatic heterocycles. The summed E-state index contributed by atoms with van der Waals surface area (Å²) in [6.07, 6.45) is 1.25. The van der Waals surface area contributed by atoms with Gasteiger partial charge in [-0.05, 0) is 30.5 Å². The first-order valence-corrected chi connectivity index (χ1v) is 7.41. The number of nitrogens with zero attached hydrogens (tertiary/aromatic N) is 2. The van der Waals surface area contributed by atoms with Crippen molar-refractivity contribution in [2.24, 2.45) is 3.77 Å². The highest BCUT2D eigenvalue weighted by Crippen LogP contribution is 2.26. The van der Waals surface area contributed by atoms with E-state index in [1.54, 1.807) is 0 Å². The van der Waals surface area contributed by atoms with Gasteiger partial charge in [0.1, 0.15) is 0 Å². The van der Waals surface area contributed by atoms with Crippen LogP contribution < -0.4 is 0 Å². The lowest BCUT2D eigenvalue weighted by atomic mass is 10.2. The number of hydrogen-bond donors (Lipinski definition) is 0. The summed E-state index contributed by atoms with van der Waals surface area (Å²) in [6, 6.07) is 7.35. The average Bonchev–Trinajstić information content (AvgIpc) is 2.27. The van der Waals surface area contributed by atoms with Crippen LogP contribution in [0.3, 0.4) is 0 Å². The summed E-state index contributed by atoms with van der Waals surface area (Å²) >= 11 is 0. The van der Waals surface area contributed by atoms with E-state index < -0.39 is 26.2 Å². The van der Waals surface area contributed by atoms with Crippen molar-refractivity contribution in [2.45, 2.75) is 10.4 Å². The Balaban J connectivity index is 3.15. The van der Waals surface area contributed by atoms with Crippen LogP contribution in [0.5, 0.6) is 0 Å². The number of sulfonamides is 1. The zero-order chi connectivity index (χ0) is 14.0. The lowest BCUT2D eigenvalue weighted by Gasteiger charge is -2.05. The van der Waals surface area contributed by atoms with E-state index in [2.05, 4.69) is 3.77 Å². The number of hydrogen-bond acceptors (Lipinski definition) is 3. The SMILES string of the molecule is C/S(=N\S(=O)(=O)C(F)(F)F)c1ccc(C#N)cc1. The van der Waals surface area contributed by atoms with Crippen LogP contribution in [0.4, 0.5) is 13.2 Å². The normalized spacial score (nSPS) is 14.2. The van der Waals surface area contributed by atoms with Crippen molar-refractivity contribution < 1.29 is 21.6 Å². The van der Waals surface area contributed by atoms with Crippen molar-refractivity contribution in [3.63, 3.8) is 0 Å². The van der Waals surface area contributed by atoms with Gasteiger partial charge >= 0.3 is 15.5 Å². The molecule has 1 atom stereocenters. The molecule has 0 amide bonds. The first kappa shape index (κ1) is 14.7. The summed E-state index contributed by atoms with van der Waals surface area (Å²) in [5.41, 5.74) is -5.06. The number of benzene rings is 1. The molecule has 0 aliphatic rings. The van der Waals surface area contributed by atoms with Crippen LogP contribution in [0.15, 0.2) is 32.9 Å². The highest BCUT2D eigenvalue weighted by atomic mass is 32.3. The van der Waals surface area contributed by atoms with Crippen molar-refractivity contribution in [3.8, 4) is 6.07 Å². The van der Waals surface area contributed by atoms with E-state index in [9.17, 15) is 21.6 Å². The molecule has 1 unspecified atom stereocenters. The lowest BCUT2D eigenvalue weighted by molar-refractivity contribution is -0.0434. The molecule has 0 heterocycles. The Morgan fingerprint density at radius 2 is 1.78 bits per heavy atom. The van der Waals surface area contributed by atoms with Crippen LogP contribution >= 0.6 is 0 Å². The van der Waals surface area contributed by atoms with Gasteiger partial charge in [-0.1, -0.05) is 10.7 Å². The lowest BCUT2D eigenvalue weighted by Crippen LogP contribution is -2.21. The Kier molecular flexibility index (Phi) is 4.13. The highest BCUT2D eigenvalue weighted by Gasteiger charge is 2.46. The van der Waals surface area contributed by atoms with Gasteiger partial charge in [0.25, 0.3) is 0 Å². The fourth-order valence-electron chi connectivity index (χ4n) is 0.959. The monoisotopic (exact) mass is 296 g/mol. The second kappa shape index (κ2) is 5.07. The summed E-state index contributed by atoms with van der Waals surface area (Å²) in [7, 11) is -6.94. The van der Waals surface area contributed by atoms with Gasteiger partial charge in [-0.25, -0.2) is 0 Å². The Morgan fingerprint density at radius 3 is 2.17 bits per heavy atom. The van der Waals surface area contributed by atoms with Crippen molar-refractivity contribution in [1.82, 2.24) is 0 Å². The van der Waals surface area contributed by atoms with Gasteiger partial charge in [0.05, 0.1) is 11.6 Å². The molecule has 0 fully saturated rings. The first-order valence-electron chi connectivity index (χ1n) is 4.38. The van der Waals surface area contributed by atoms with Crippen molar-refractivity contribution in [1.29, 1.82) is 5.26 Å². The summed E-state index contributed by atoms with van der Waals surface area (Å²) in [5, 5.41) is 8.54. The fraction of sp³-hybridized carbons (Fsp3) is 0.222. The maximum atomic E-state index is 12.1. The van der Waals surface area contributed by atoms with Gasteiger partial charge in [0, 0.05) is 4.90 Å². The quantitative estimate of drug-likeness (QED) is 0.840. The predicted octanol–water partition coefficient (Wildman–Crippen LogP) is 2.20. The topological polar surface area (TPSA) is 70.3 Å². The maximum Gasteiger partial charge on any atom is 0.519 e. The summed E-state index contributed by atoms with van der Waals surface area (Å²) < 4.78 is 60.8. The van der Waals surface area contributed by atoms with Crippen molar-refractivity contribution in [3.05, 3.63) is 29.8 Å². The minimum Gasteiger partial charge on any atom is -0.194 e. The largest absolute Gasteiger partial charge is 0.519 e. The average molecular weight is 296 g/mol. The zero-order valence-corrected chi connectivity index (χ0v) is 10.6. The molecule has 0 aliphatic heterocycles. The molecule has 0 radical (unpaired) electrons. The molecule has 98 valence electrons.